The van der Waals surface area contributed by atoms with Gasteiger partial charge in [-0.15, -0.1) is 0 Å². The van der Waals surface area contributed by atoms with Crippen molar-refractivity contribution >= 4 is 35.6 Å². The van der Waals surface area contributed by atoms with Crippen molar-refractivity contribution in [2.75, 3.05) is 59.5 Å². The van der Waals surface area contributed by atoms with Crippen LogP contribution in [0.5, 0.6) is 0 Å². The van der Waals surface area contributed by atoms with Crippen molar-refractivity contribution in [3.63, 3.8) is 0 Å². The minimum Gasteiger partial charge on any atom is -0.479 e. The Kier molecular flexibility index (Phi) is 50.9. The lowest BCUT2D eigenvalue weighted by Crippen LogP contribution is -2.71. The lowest BCUT2D eigenvalue weighted by molar-refractivity contribution is -0.384. The number of aliphatic hydroxyl groups excluding tert-OH is 19. The van der Waals surface area contributed by atoms with E-state index in [1.807, 2.05) is 0 Å². The quantitative estimate of drug-likeness (QED) is 0.0205. The SMILES string of the molecule is CCCCCCCCCCCCC/C=C/C(O)C(CO[C@@H]1O[C@H](CO)C(O[C@@H]2O[C@H](CO)[C@@H](O[C@@H]3O[C@H](CO)[C@H](O)[C@H](O[C@@H]4O[C@H](CO)[C@H](O)[C@H](OC[C@]5(C(=O)O)C[C@H](O)[C@@H](NC(C)=O)[C@H](C(O)C(O)CO)O5)[C@H]4O)[C@H]3NC(C)=O)[C@H](OC[C@]3(C(=O)O)C[C@H](O)[C@@H](NC(C)=O)[C@H](C(O)C(O)CO)O3)[C@H]2O)[C@H](O)[C@H]1O)NC(=O)CCCCCCCCCCCCCCCCC. The molecule has 6 heterocycles. The van der Waals surface area contributed by atoms with Crippen LogP contribution >= 0.6 is 0 Å². The number of hydrogen-bond acceptors (Lipinski definition) is 37. The molecule has 0 radical (unpaired) electrons. The van der Waals surface area contributed by atoms with E-state index in [1.165, 1.54) is 102 Å². The molecule has 0 aromatic heterocycles. The highest BCUT2D eigenvalue weighted by atomic mass is 16.8. The summed E-state index contributed by atoms with van der Waals surface area (Å²) in [6.45, 7) is -2.99. The summed E-state index contributed by atoms with van der Waals surface area (Å²) in [5.41, 5.74) is -5.77. The summed E-state index contributed by atoms with van der Waals surface area (Å²) >= 11 is 0. The highest BCUT2D eigenvalue weighted by Crippen LogP contribution is 2.41. The predicted molar refractivity (Wildman–Crippen MR) is 450 cm³/mol. The Morgan fingerprint density at radius 2 is 0.767 bits per heavy atom. The van der Waals surface area contributed by atoms with E-state index >= 15 is 0 Å². The Labute approximate surface area is 752 Å². The third-order valence-electron chi connectivity index (χ3n) is 24.8. The van der Waals surface area contributed by atoms with Gasteiger partial charge in [0.2, 0.25) is 23.6 Å². The van der Waals surface area contributed by atoms with Gasteiger partial charge in [0, 0.05) is 40.0 Å². The average Bonchev–Trinajstić information content (AvgIpc) is 0.760. The molecule has 25 N–H and O–H groups in total. The van der Waals surface area contributed by atoms with Crippen molar-refractivity contribution in [1.82, 2.24) is 21.3 Å². The number of ether oxygens (including phenoxy) is 12. The lowest BCUT2D eigenvalue weighted by Gasteiger charge is -2.51. The molecule has 0 saturated carbocycles. The number of rotatable bonds is 61. The van der Waals surface area contributed by atoms with Crippen LogP contribution in [0.2, 0.25) is 0 Å². The molecule has 0 aromatic rings. The first-order valence-electron chi connectivity index (χ1n) is 46.1. The topological polar surface area (TPSA) is 686 Å². The molecule has 6 aliphatic rings. The first-order chi connectivity index (χ1) is 61.6. The molecule has 0 aliphatic carbocycles. The molecule has 6 rings (SSSR count). The minimum absolute atomic E-state index is 0.107. The summed E-state index contributed by atoms with van der Waals surface area (Å²) in [7, 11) is 0. The van der Waals surface area contributed by atoms with Crippen LogP contribution < -0.4 is 21.3 Å². The van der Waals surface area contributed by atoms with E-state index in [4.69, 9.17) is 56.8 Å². The molecule has 43 nitrogen and oxygen atoms in total. The molecular weight excluding hydrogens is 1710 g/mol. The highest BCUT2D eigenvalue weighted by Gasteiger charge is 2.62. The normalized spacial score (nSPS) is 34.8. The van der Waals surface area contributed by atoms with E-state index in [9.17, 15) is 136 Å². The Hall–Kier alpha value is -4.68. The number of carbonyl (C=O) groups excluding carboxylic acids is 4. The summed E-state index contributed by atoms with van der Waals surface area (Å²) in [6, 6.07) is -6.58. The first kappa shape index (κ1) is 113. The number of aliphatic carboxylic acids is 2. The Morgan fingerprint density at radius 3 is 1.19 bits per heavy atom. The zero-order valence-electron chi connectivity index (χ0n) is 74.9. The molecular formula is C86H152N4O39. The fraction of sp³-hybridized carbons (Fsp3) is 0.907. The number of unbranched alkanes of at least 4 members (excludes halogenated alkanes) is 25. The van der Waals surface area contributed by atoms with Gasteiger partial charge < -0.3 is 185 Å². The van der Waals surface area contributed by atoms with Crippen molar-refractivity contribution < 1.29 is 193 Å². The second kappa shape index (κ2) is 58.0. The number of allylic oxidation sites excluding steroid dienone is 1. The summed E-state index contributed by atoms with van der Waals surface area (Å²) in [6.07, 6.45) is -28.0. The number of carboxylic acid groups (broad SMARTS) is 2. The predicted octanol–water partition coefficient (Wildman–Crippen LogP) is -3.78. The molecule has 129 heavy (non-hydrogen) atoms. The second-order valence-electron chi connectivity index (χ2n) is 35.1. The van der Waals surface area contributed by atoms with Crippen LogP contribution in [0.4, 0.5) is 0 Å². The molecule has 6 saturated heterocycles. The molecule has 34 atom stereocenters. The molecule has 0 spiro atoms. The summed E-state index contributed by atoms with van der Waals surface area (Å²) < 4.78 is 72.8. The molecule has 0 bridgehead atoms. The van der Waals surface area contributed by atoms with Gasteiger partial charge >= 0.3 is 11.9 Å². The maximum absolute atomic E-state index is 13.8. The molecule has 6 aliphatic heterocycles. The van der Waals surface area contributed by atoms with Crippen molar-refractivity contribution in [3.8, 4) is 0 Å². The highest BCUT2D eigenvalue weighted by molar-refractivity contribution is 5.79. The van der Waals surface area contributed by atoms with Gasteiger partial charge in [-0.1, -0.05) is 180 Å². The summed E-state index contributed by atoms with van der Waals surface area (Å²) in [5.74, 6) is -7.02. The van der Waals surface area contributed by atoms with Crippen LogP contribution in [0.3, 0.4) is 0 Å². The molecule has 750 valence electrons. The molecule has 0 aromatic carbocycles. The van der Waals surface area contributed by atoms with Gasteiger partial charge in [-0.25, -0.2) is 9.59 Å². The van der Waals surface area contributed by atoms with Crippen LogP contribution in [0.25, 0.3) is 0 Å². The van der Waals surface area contributed by atoms with E-state index < -0.39 is 315 Å². The number of carbonyl (C=O) groups is 6. The van der Waals surface area contributed by atoms with E-state index in [1.54, 1.807) is 6.08 Å². The standard InChI is InChI=1S/C86H152N4O39/c1-6-8-10-12-14-16-18-20-21-23-25-27-29-31-33-35-60(105)90-50(51(100)34-32-30-28-26-24-22-19-17-15-13-11-9-7-2)44-118-80-69(111)68(110)72(58(42-95)123-80)125-82-71(113)78(120-46-86(84(116)117)37-53(102)62(88-48(4)98)76(129-86)65(107)55(104)39-92)73(59(43-96)124-82)126-79-63(89-49(5)99)74(66(108)56(40-93)121-79)127-81-70(112)77(67(109)57(41-94)122-81)119-45-85(83(114)115)36-52(101)61(87-47(3)97)75(128-85)64(106)54(103)38-91/h32,34,50-59,61-82,91-96,100-104,106-113H,6-31,33,35-46H2,1-5H3,(H,87,97)(H,88,98)(H,89,99)(H,90,105)(H,114,115)(H,116,117)/b34-32+/t50?,51?,52-,53-,54?,55?,56+,57+,58+,59+,61+,62+,63+,64?,65?,66-,67-,68+,69+,70+,71+,72?,73+,74+,75+,76+,77-,78+,79-,80+,81-,82-,85-,86-/m0/s1. The third-order valence-corrected chi connectivity index (χ3v) is 24.8. The smallest absolute Gasteiger partial charge is 0.338 e. The number of nitrogens with one attached hydrogen (secondary N) is 4. The minimum atomic E-state index is -2.96. The van der Waals surface area contributed by atoms with Crippen LogP contribution in [-0.2, 0) is 85.6 Å². The zero-order valence-corrected chi connectivity index (χ0v) is 74.9. The van der Waals surface area contributed by atoms with Crippen molar-refractivity contribution in [3.05, 3.63) is 12.2 Å². The van der Waals surface area contributed by atoms with Crippen LogP contribution in [-0.4, -0.2) is 409 Å². The molecule has 43 heteroatoms. The average molecular weight is 1870 g/mol. The first-order valence-corrected chi connectivity index (χ1v) is 46.1. The van der Waals surface area contributed by atoms with Crippen molar-refractivity contribution in [1.29, 1.82) is 0 Å². The lowest BCUT2D eigenvalue weighted by atomic mass is 9.83. The van der Waals surface area contributed by atoms with Crippen LogP contribution in [0.1, 0.15) is 227 Å². The maximum atomic E-state index is 13.8. The van der Waals surface area contributed by atoms with Crippen molar-refractivity contribution in [2.24, 2.45) is 0 Å². The number of aliphatic hydroxyl groups is 19. The molecule has 4 amide bonds. The van der Waals surface area contributed by atoms with E-state index in [-0.39, 0.29) is 6.42 Å². The largest absolute Gasteiger partial charge is 0.479 e. The Morgan fingerprint density at radius 1 is 0.403 bits per heavy atom. The van der Waals surface area contributed by atoms with E-state index in [0.717, 1.165) is 85.0 Å². The second-order valence-corrected chi connectivity index (χ2v) is 35.1. The van der Waals surface area contributed by atoms with Crippen LogP contribution in [0.15, 0.2) is 12.2 Å². The maximum Gasteiger partial charge on any atom is 0.338 e. The van der Waals surface area contributed by atoms with Gasteiger partial charge in [0.25, 0.3) is 0 Å². The van der Waals surface area contributed by atoms with Gasteiger partial charge in [-0.2, -0.15) is 0 Å². The number of hydrogen-bond donors (Lipinski definition) is 25. The fourth-order valence-corrected chi connectivity index (χ4v) is 17.3. The zero-order chi connectivity index (χ0) is 95.2. The summed E-state index contributed by atoms with van der Waals surface area (Å²) in [5, 5.41) is 246. The monoisotopic (exact) mass is 1870 g/mol. The molecule has 6 fully saturated rings. The van der Waals surface area contributed by atoms with E-state index in [2.05, 4.69) is 35.1 Å². The third kappa shape index (κ3) is 33.6. The van der Waals surface area contributed by atoms with Crippen LogP contribution in [0, 0.1) is 0 Å². The summed E-state index contributed by atoms with van der Waals surface area (Å²) in [4.78, 5) is 79.0. The number of amides is 4. The van der Waals surface area contributed by atoms with Crippen molar-refractivity contribution in [2.45, 2.75) is 434 Å². The fourth-order valence-electron chi connectivity index (χ4n) is 17.3. The van der Waals surface area contributed by atoms with E-state index in [0.29, 0.717) is 12.8 Å². The Bertz CT molecular complexity index is 3240. The van der Waals surface area contributed by atoms with Gasteiger partial charge in [0.05, 0.1) is 95.9 Å². The van der Waals surface area contributed by atoms with Gasteiger partial charge in [0.15, 0.2) is 36.4 Å². The van der Waals surface area contributed by atoms with Gasteiger partial charge in [-0.05, 0) is 19.3 Å². The van der Waals surface area contributed by atoms with Gasteiger partial charge in [-0.3, -0.25) is 19.2 Å². The van der Waals surface area contributed by atoms with Gasteiger partial charge in [0.1, 0.15) is 134 Å². The Balaban J connectivity index is 1.28. The number of carboxylic acids is 2. The molecule has 7 unspecified atom stereocenters.